The van der Waals surface area contributed by atoms with E-state index < -0.39 is 0 Å². The van der Waals surface area contributed by atoms with Crippen LogP contribution in [0.1, 0.15) is 52.8 Å². The van der Waals surface area contributed by atoms with Gasteiger partial charge < -0.3 is 0 Å². The number of hydrogen-bond donors (Lipinski definition) is 0. The molecule has 40 heavy (non-hydrogen) atoms. The van der Waals surface area contributed by atoms with Gasteiger partial charge in [-0.2, -0.15) is 0 Å². The van der Waals surface area contributed by atoms with E-state index in [1.807, 2.05) is 12.3 Å². The first-order chi connectivity index (χ1) is 19.1. The minimum Gasteiger partial charge on any atom is -0.254 e. The second kappa shape index (κ2) is 8.73. The maximum Gasteiger partial charge on any atom is 0.0974 e. The van der Waals surface area contributed by atoms with Crippen molar-refractivity contribution in [2.45, 2.75) is 54.4 Å². The van der Waals surface area contributed by atoms with Crippen LogP contribution in [0.25, 0.3) is 65.3 Å². The summed E-state index contributed by atoms with van der Waals surface area (Å²) in [5, 5.41) is 10.3. The molecular formula is C38H36N2. The van der Waals surface area contributed by atoms with E-state index in [2.05, 4.69) is 114 Å². The Labute approximate surface area is 236 Å². The molecule has 0 amide bonds. The molecule has 0 saturated carbocycles. The number of nitrogens with zero attached hydrogens (tertiary/aromatic N) is 2. The summed E-state index contributed by atoms with van der Waals surface area (Å²) in [5.41, 5.74) is 7.37. The molecule has 0 aliphatic heterocycles. The number of rotatable bonds is 3. The summed E-state index contributed by atoms with van der Waals surface area (Å²) in [4.78, 5) is 10.0. The third kappa shape index (κ3) is 4.18. The maximum absolute atomic E-state index is 5.24. The molecule has 198 valence electrons. The van der Waals surface area contributed by atoms with E-state index in [0.717, 1.165) is 40.3 Å². The summed E-state index contributed by atoms with van der Waals surface area (Å²) < 4.78 is 0. The average Bonchev–Trinajstić information content (AvgIpc) is 2.90. The zero-order valence-corrected chi connectivity index (χ0v) is 24.4. The first kappa shape index (κ1) is 25.0. The highest BCUT2D eigenvalue weighted by molar-refractivity contribution is 6.28. The molecule has 2 aromatic heterocycles. The molecule has 2 nitrogen and oxygen atoms in total. The van der Waals surface area contributed by atoms with Gasteiger partial charge in [-0.15, -0.1) is 0 Å². The lowest BCUT2D eigenvalue weighted by atomic mass is 9.82. The monoisotopic (exact) mass is 520 g/mol. The Morgan fingerprint density at radius 3 is 2.02 bits per heavy atom. The van der Waals surface area contributed by atoms with E-state index in [1.165, 1.54) is 49.0 Å². The van der Waals surface area contributed by atoms with Crippen LogP contribution in [-0.4, -0.2) is 9.97 Å². The highest BCUT2D eigenvalue weighted by Crippen LogP contribution is 2.44. The van der Waals surface area contributed by atoms with Gasteiger partial charge in [-0.1, -0.05) is 96.1 Å². The molecule has 0 aliphatic rings. The molecule has 0 atom stereocenters. The van der Waals surface area contributed by atoms with Crippen molar-refractivity contribution in [1.29, 1.82) is 0 Å². The SMILES string of the molecule is CC(C)(C)Cc1ccc2c(-c3cc4cccc5ccc6c(CC(C)(C)C)ccc3c6c54)cc3cccnc3c2n1. The highest BCUT2D eigenvalue weighted by atomic mass is 14.8. The van der Waals surface area contributed by atoms with Gasteiger partial charge >= 0.3 is 0 Å². The van der Waals surface area contributed by atoms with Gasteiger partial charge in [0.15, 0.2) is 0 Å². The van der Waals surface area contributed by atoms with Crippen LogP contribution in [0, 0.1) is 10.8 Å². The van der Waals surface area contributed by atoms with E-state index in [-0.39, 0.29) is 10.8 Å². The summed E-state index contributed by atoms with van der Waals surface area (Å²) in [5.74, 6) is 0. The fourth-order valence-electron chi connectivity index (χ4n) is 6.57. The van der Waals surface area contributed by atoms with Crippen molar-refractivity contribution in [3.8, 4) is 11.1 Å². The Bertz CT molecular complexity index is 2070. The van der Waals surface area contributed by atoms with Gasteiger partial charge in [0.1, 0.15) is 0 Å². The lowest BCUT2D eigenvalue weighted by molar-refractivity contribution is 0.407. The summed E-state index contributed by atoms with van der Waals surface area (Å²) in [7, 11) is 0. The third-order valence-corrected chi connectivity index (χ3v) is 8.06. The highest BCUT2D eigenvalue weighted by Gasteiger charge is 2.21. The van der Waals surface area contributed by atoms with Gasteiger partial charge in [0.2, 0.25) is 0 Å². The smallest absolute Gasteiger partial charge is 0.0974 e. The Kier molecular flexibility index (Phi) is 5.45. The van der Waals surface area contributed by atoms with Crippen LogP contribution in [0.3, 0.4) is 0 Å². The summed E-state index contributed by atoms with van der Waals surface area (Å²) >= 11 is 0. The molecule has 0 fully saturated rings. The Morgan fingerprint density at radius 1 is 0.550 bits per heavy atom. The number of hydrogen-bond acceptors (Lipinski definition) is 2. The topological polar surface area (TPSA) is 25.8 Å². The van der Waals surface area contributed by atoms with Crippen LogP contribution in [-0.2, 0) is 12.8 Å². The molecule has 0 saturated heterocycles. The van der Waals surface area contributed by atoms with Gasteiger partial charge in [0.25, 0.3) is 0 Å². The van der Waals surface area contributed by atoms with E-state index in [9.17, 15) is 0 Å². The largest absolute Gasteiger partial charge is 0.254 e. The van der Waals surface area contributed by atoms with Crippen molar-refractivity contribution in [3.63, 3.8) is 0 Å². The molecule has 7 aromatic rings. The van der Waals surface area contributed by atoms with Crippen molar-refractivity contribution in [2.24, 2.45) is 10.8 Å². The van der Waals surface area contributed by atoms with Crippen molar-refractivity contribution in [2.75, 3.05) is 0 Å². The number of aromatic nitrogens is 2. The second-order valence-electron chi connectivity index (χ2n) is 13.9. The van der Waals surface area contributed by atoms with Crippen LogP contribution in [0.2, 0.25) is 0 Å². The van der Waals surface area contributed by atoms with Crippen molar-refractivity contribution < 1.29 is 0 Å². The van der Waals surface area contributed by atoms with Crippen LogP contribution in [0.4, 0.5) is 0 Å². The number of pyridine rings is 2. The van der Waals surface area contributed by atoms with Gasteiger partial charge in [-0.05, 0) is 96.9 Å². The average molecular weight is 521 g/mol. The van der Waals surface area contributed by atoms with Crippen LogP contribution in [0.15, 0.2) is 85.1 Å². The zero-order valence-electron chi connectivity index (χ0n) is 24.4. The minimum atomic E-state index is 0.163. The van der Waals surface area contributed by atoms with Crippen LogP contribution < -0.4 is 0 Å². The Balaban J connectivity index is 1.59. The second-order valence-corrected chi connectivity index (χ2v) is 13.9. The van der Waals surface area contributed by atoms with Gasteiger partial charge in [-0.25, -0.2) is 0 Å². The van der Waals surface area contributed by atoms with E-state index >= 15 is 0 Å². The standard InChI is InChI=1S/C38H36N2/c1-37(2,3)21-26-13-16-29-31(19-24-10-7-9-23-12-15-28(26)34(29)33(23)24)32-20-25-11-8-18-39-35(25)36-30(32)17-14-27(40-36)22-38(4,5)6/h7-20H,21-22H2,1-6H3. The molecule has 7 rings (SSSR count). The van der Waals surface area contributed by atoms with Gasteiger partial charge in [-0.3, -0.25) is 9.97 Å². The number of benzene rings is 5. The molecule has 0 N–H and O–H groups in total. The molecule has 2 heterocycles. The van der Waals surface area contributed by atoms with Crippen LogP contribution in [0.5, 0.6) is 0 Å². The Morgan fingerprint density at radius 2 is 1.23 bits per heavy atom. The predicted octanol–water partition coefficient (Wildman–Crippen LogP) is 10.5. The molecule has 0 unspecified atom stereocenters. The molecule has 0 spiro atoms. The minimum absolute atomic E-state index is 0.163. The Hall–Kier alpha value is -4.04. The van der Waals surface area contributed by atoms with Gasteiger partial charge in [0.05, 0.1) is 11.0 Å². The van der Waals surface area contributed by atoms with E-state index in [0.29, 0.717) is 0 Å². The fourth-order valence-corrected chi connectivity index (χ4v) is 6.57. The fraction of sp³-hybridized carbons (Fsp3) is 0.263. The molecule has 0 aliphatic carbocycles. The first-order valence-electron chi connectivity index (χ1n) is 14.4. The summed E-state index contributed by atoms with van der Waals surface area (Å²) in [6.07, 6.45) is 3.85. The zero-order chi connectivity index (χ0) is 27.8. The predicted molar refractivity (Wildman–Crippen MR) is 173 cm³/mol. The van der Waals surface area contributed by atoms with Crippen molar-refractivity contribution in [1.82, 2.24) is 9.97 Å². The van der Waals surface area contributed by atoms with Crippen molar-refractivity contribution in [3.05, 3.63) is 96.3 Å². The van der Waals surface area contributed by atoms with Gasteiger partial charge in [0, 0.05) is 22.7 Å². The first-order valence-corrected chi connectivity index (χ1v) is 14.4. The van der Waals surface area contributed by atoms with Crippen molar-refractivity contribution >= 4 is 54.1 Å². The van der Waals surface area contributed by atoms with E-state index in [4.69, 9.17) is 9.97 Å². The number of fused-ring (bicyclic) bond motifs is 3. The third-order valence-electron chi connectivity index (χ3n) is 8.06. The lowest BCUT2D eigenvalue weighted by Gasteiger charge is -2.22. The molecule has 0 bridgehead atoms. The lowest BCUT2D eigenvalue weighted by Crippen LogP contribution is -2.10. The molecular weight excluding hydrogens is 484 g/mol. The summed E-state index contributed by atoms with van der Waals surface area (Å²) in [6, 6.07) is 29.5. The van der Waals surface area contributed by atoms with E-state index in [1.54, 1.807) is 0 Å². The molecule has 2 heteroatoms. The van der Waals surface area contributed by atoms with Crippen LogP contribution >= 0.6 is 0 Å². The molecule has 5 aromatic carbocycles. The maximum atomic E-state index is 5.24. The quantitative estimate of drug-likeness (QED) is 0.217. The normalized spacial score (nSPS) is 12.9. The summed E-state index contributed by atoms with van der Waals surface area (Å²) in [6.45, 7) is 13.8. The molecule has 0 radical (unpaired) electrons.